The molecule has 0 spiro atoms. The Labute approximate surface area is 311 Å². The van der Waals surface area contributed by atoms with Crippen LogP contribution in [-0.2, 0) is 9.47 Å². The first kappa shape index (κ1) is 38.5. The van der Waals surface area contributed by atoms with Crippen molar-refractivity contribution < 1.29 is 24.2 Å². The van der Waals surface area contributed by atoms with Crippen LogP contribution in [0.2, 0.25) is 0 Å². The van der Waals surface area contributed by atoms with Crippen LogP contribution in [0.1, 0.15) is 73.3 Å². The molecule has 2 amide bonds. The van der Waals surface area contributed by atoms with Gasteiger partial charge < -0.3 is 35.8 Å². The average Bonchev–Trinajstić information content (AvgIpc) is 3.57. The van der Waals surface area contributed by atoms with Gasteiger partial charge in [0.1, 0.15) is 42.9 Å². The van der Waals surface area contributed by atoms with Crippen molar-refractivity contribution in [1.82, 2.24) is 49.7 Å². The molecule has 2 saturated heterocycles. The van der Waals surface area contributed by atoms with Gasteiger partial charge in [-0.2, -0.15) is 10.2 Å². The van der Waals surface area contributed by atoms with Crippen LogP contribution in [0.3, 0.4) is 0 Å². The number of nitrogens with two attached hydrogens (primary N) is 2. The Morgan fingerprint density at radius 1 is 0.857 bits per heavy atom. The van der Waals surface area contributed by atoms with Gasteiger partial charge in [0, 0.05) is 26.2 Å². The van der Waals surface area contributed by atoms with Gasteiger partial charge in [0.2, 0.25) is 0 Å². The summed E-state index contributed by atoms with van der Waals surface area (Å²) >= 11 is 4.24. The van der Waals surface area contributed by atoms with Gasteiger partial charge in [-0.05, 0) is 112 Å². The van der Waals surface area contributed by atoms with Crippen molar-refractivity contribution in [2.24, 2.45) is 0 Å². The second-order valence-corrected chi connectivity index (χ2v) is 15.7. The Morgan fingerprint density at radius 3 is 1.98 bits per heavy atom. The average molecular weight is 907 g/mol. The number of carbonyl (C=O) groups is 2. The van der Waals surface area contributed by atoms with Crippen LogP contribution in [0.25, 0.3) is 22.1 Å². The number of aromatic nitrogens is 8. The number of anilines is 2. The number of ether oxygens (including phenoxy) is 2. The molecule has 2 atom stereocenters. The Morgan fingerprint density at radius 2 is 1.41 bits per heavy atom. The number of H-pyrrole nitrogens is 1. The maximum absolute atomic E-state index is 12.3. The lowest BCUT2D eigenvalue weighted by Crippen LogP contribution is -2.44. The topological polar surface area (TPSA) is 229 Å². The highest BCUT2D eigenvalue weighted by Gasteiger charge is 2.31. The van der Waals surface area contributed by atoms with Gasteiger partial charge in [-0.1, -0.05) is 0 Å². The number of piperidine rings is 2. The standard InChI is InChI=1S/C15H21IN6O2.C10H19NO3.C5H4IN5/c1-15(2,3)24-14(23)21-6-4-5-9(7-21)22-13-10(11(16)20-22)12(17)18-8-19-13;1-10(2,3)14-9(13)11-6-4-5-8(12)7-11;6-3-2-4(7)8-1-9-5(2)11-10-3/h8-9H,4-7H2,1-3H3,(H2,17,18,19);8,12H,4-7H2,1-3H3;1H,(H3,7,8,9,10,11)/t9-;8-;/m01./s1. The van der Waals surface area contributed by atoms with Gasteiger partial charge in [0.15, 0.2) is 11.3 Å². The summed E-state index contributed by atoms with van der Waals surface area (Å²) in [6, 6.07) is 0.0478. The first-order chi connectivity index (χ1) is 22.9. The molecule has 17 nitrogen and oxygen atoms in total. The van der Waals surface area contributed by atoms with E-state index in [-0.39, 0.29) is 18.2 Å². The van der Waals surface area contributed by atoms with Crippen LogP contribution >= 0.6 is 45.2 Å². The molecule has 0 aromatic carbocycles. The summed E-state index contributed by atoms with van der Waals surface area (Å²) in [5.41, 5.74) is 11.9. The number of nitrogen functional groups attached to an aromatic ring is 2. The Bertz CT molecular complexity index is 1750. The summed E-state index contributed by atoms with van der Waals surface area (Å²) in [6.45, 7) is 13.5. The van der Waals surface area contributed by atoms with E-state index in [0.717, 1.165) is 43.9 Å². The zero-order chi connectivity index (χ0) is 36.1. The van der Waals surface area contributed by atoms with Crippen molar-refractivity contribution in [3.63, 3.8) is 0 Å². The van der Waals surface area contributed by atoms with Crippen molar-refractivity contribution >= 4 is 91.1 Å². The predicted octanol–water partition coefficient (Wildman–Crippen LogP) is 4.50. The molecule has 6 heterocycles. The number of β-amino-alcohol motifs (C(OH)–C–C–N with tert-alkyl or cyclic N) is 1. The third kappa shape index (κ3) is 10.6. The molecule has 2 fully saturated rings. The molecule has 0 radical (unpaired) electrons. The van der Waals surface area contributed by atoms with Crippen LogP contribution in [0.15, 0.2) is 12.7 Å². The lowest BCUT2D eigenvalue weighted by Gasteiger charge is -2.34. The molecular formula is C30H44I2N12O5. The fourth-order valence-electron chi connectivity index (χ4n) is 5.14. The number of aliphatic hydroxyl groups is 1. The highest BCUT2D eigenvalue weighted by atomic mass is 127. The third-order valence-corrected chi connectivity index (χ3v) is 8.79. The molecule has 4 aromatic heterocycles. The maximum Gasteiger partial charge on any atom is 0.410 e. The molecule has 4 aromatic rings. The molecular weight excluding hydrogens is 862 g/mol. The number of amides is 2. The van der Waals surface area contributed by atoms with Crippen molar-refractivity contribution in [1.29, 1.82) is 0 Å². The SMILES string of the molecule is CC(C)(C)OC(=O)N1CCC[C@@H](O)C1.CC(C)(C)OC(=O)N1CCC[C@H](n2nc(I)c3c(N)ncnc32)C1.Nc1ncnc2n[nH]c(I)c12. The minimum absolute atomic E-state index is 0.0478. The molecule has 0 bridgehead atoms. The zero-order valence-corrected chi connectivity index (χ0v) is 32.8. The fourth-order valence-corrected chi connectivity index (χ4v) is 6.53. The van der Waals surface area contributed by atoms with Gasteiger partial charge in [-0.15, -0.1) is 0 Å². The summed E-state index contributed by atoms with van der Waals surface area (Å²) in [6.07, 6.45) is 5.28. The predicted molar refractivity (Wildman–Crippen MR) is 200 cm³/mol. The highest BCUT2D eigenvalue weighted by Crippen LogP contribution is 2.29. The largest absolute Gasteiger partial charge is 0.444 e. The number of nitrogens with one attached hydrogen (secondary N) is 1. The maximum atomic E-state index is 12.3. The number of aliphatic hydroxyl groups excluding tert-OH is 1. The van der Waals surface area contributed by atoms with Crippen molar-refractivity contribution in [3.05, 3.63) is 20.1 Å². The highest BCUT2D eigenvalue weighted by molar-refractivity contribution is 14.1. The lowest BCUT2D eigenvalue weighted by atomic mass is 10.1. The normalized spacial score (nSPS) is 18.3. The Balaban J connectivity index is 0.000000183. The van der Waals surface area contributed by atoms with Crippen molar-refractivity contribution in [2.45, 2.75) is 90.6 Å². The molecule has 2 aliphatic heterocycles. The van der Waals surface area contributed by atoms with E-state index in [2.05, 4.69) is 80.4 Å². The first-order valence-electron chi connectivity index (χ1n) is 15.8. The summed E-state index contributed by atoms with van der Waals surface area (Å²) in [5.74, 6) is 0.892. The quantitative estimate of drug-likeness (QED) is 0.193. The van der Waals surface area contributed by atoms with E-state index >= 15 is 0 Å². The molecule has 268 valence electrons. The van der Waals surface area contributed by atoms with E-state index < -0.39 is 17.3 Å². The van der Waals surface area contributed by atoms with Crippen LogP contribution in [0.4, 0.5) is 21.2 Å². The number of hydrogen-bond acceptors (Lipinski definition) is 13. The van der Waals surface area contributed by atoms with Gasteiger partial charge in [-0.3, -0.25) is 5.10 Å². The molecule has 0 aliphatic carbocycles. The van der Waals surface area contributed by atoms with E-state index in [1.165, 1.54) is 12.7 Å². The van der Waals surface area contributed by atoms with Gasteiger partial charge in [0.05, 0.1) is 22.9 Å². The lowest BCUT2D eigenvalue weighted by molar-refractivity contribution is 0.00387. The monoisotopic (exact) mass is 906 g/mol. The summed E-state index contributed by atoms with van der Waals surface area (Å²) < 4.78 is 14.2. The van der Waals surface area contributed by atoms with E-state index in [1.807, 2.05) is 46.2 Å². The number of aromatic amines is 1. The minimum Gasteiger partial charge on any atom is -0.444 e. The van der Waals surface area contributed by atoms with E-state index in [1.54, 1.807) is 9.80 Å². The number of hydrogen-bond donors (Lipinski definition) is 4. The van der Waals surface area contributed by atoms with Gasteiger partial charge in [-0.25, -0.2) is 34.2 Å². The van der Waals surface area contributed by atoms with E-state index in [4.69, 9.17) is 20.9 Å². The summed E-state index contributed by atoms with van der Waals surface area (Å²) in [5, 5.41) is 22.2. The smallest absolute Gasteiger partial charge is 0.410 e. The number of fused-ring (bicyclic) bond motifs is 2. The van der Waals surface area contributed by atoms with Crippen molar-refractivity contribution in [3.8, 4) is 0 Å². The Kier molecular flexibility index (Phi) is 12.7. The van der Waals surface area contributed by atoms with Crippen LogP contribution in [0.5, 0.6) is 0 Å². The fraction of sp³-hybridized carbons (Fsp3) is 0.600. The summed E-state index contributed by atoms with van der Waals surface area (Å²) in [4.78, 5) is 43.3. The molecule has 6 rings (SSSR count). The van der Waals surface area contributed by atoms with Crippen LogP contribution in [-0.4, -0.2) is 110 Å². The third-order valence-electron chi connectivity index (χ3n) is 7.25. The van der Waals surface area contributed by atoms with Crippen LogP contribution in [0, 0.1) is 7.40 Å². The zero-order valence-electron chi connectivity index (χ0n) is 28.5. The Hall–Kier alpha value is -3.34. The molecule has 19 heteroatoms. The molecule has 49 heavy (non-hydrogen) atoms. The molecule has 2 aliphatic rings. The molecule has 0 saturated carbocycles. The van der Waals surface area contributed by atoms with E-state index in [0.29, 0.717) is 49.1 Å². The number of nitrogens with zero attached hydrogens (tertiary/aromatic N) is 9. The van der Waals surface area contributed by atoms with E-state index in [9.17, 15) is 14.7 Å². The number of halogens is 2. The van der Waals surface area contributed by atoms with Gasteiger partial charge >= 0.3 is 12.2 Å². The second kappa shape index (κ2) is 16.1. The first-order valence-corrected chi connectivity index (χ1v) is 18.0. The second-order valence-electron chi connectivity index (χ2n) is 13.6. The number of likely N-dealkylation sites (tertiary alicyclic amines) is 2. The minimum atomic E-state index is -0.501. The molecule has 0 unspecified atom stereocenters. The number of rotatable bonds is 1. The van der Waals surface area contributed by atoms with Crippen LogP contribution < -0.4 is 11.5 Å². The van der Waals surface area contributed by atoms with Crippen molar-refractivity contribution in [2.75, 3.05) is 37.6 Å². The summed E-state index contributed by atoms with van der Waals surface area (Å²) in [7, 11) is 0. The van der Waals surface area contributed by atoms with Gasteiger partial charge in [0.25, 0.3) is 0 Å². The molecule has 6 N–H and O–H groups in total. The number of carbonyl (C=O) groups excluding carboxylic acids is 2.